The van der Waals surface area contributed by atoms with Crippen LogP contribution in [0.15, 0.2) is 34.9 Å². The van der Waals surface area contributed by atoms with Crippen LogP contribution in [0.5, 0.6) is 0 Å². The molecule has 2 rings (SSSR count). The largest absolute Gasteiger partial charge is 0.416 e. The molecule has 0 saturated heterocycles. The molecule has 0 saturated carbocycles. The Morgan fingerprint density at radius 3 is 2.50 bits per heavy atom. The lowest BCUT2D eigenvalue weighted by Gasteiger charge is -2.15. The number of benzene rings is 1. The van der Waals surface area contributed by atoms with Crippen LogP contribution >= 0.6 is 0 Å². The maximum atomic E-state index is 12.5. The van der Waals surface area contributed by atoms with Crippen molar-refractivity contribution < 1.29 is 22.5 Å². The van der Waals surface area contributed by atoms with Crippen LogP contribution in [0.2, 0.25) is 0 Å². The van der Waals surface area contributed by atoms with Crippen LogP contribution in [0.4, 0.5) is 18.0 Å². The van der Waals surface area contributed by atoms with Gasteiger partial charge in [0.25, 0.3) is 0 Å². The molecule has 5 nitrogen and oxygen atoms in total. The summed E-state index contributed by atoms with van der Waals surface area (Å²) in [6, 6.07) is 5.99. The molecule has 2 amide bonds. The molecule has 2 N–H and O–H groups in total. The maximum absolute atomic E-state index is 12.5. The van der Waals surface area contributed by atoms with E-state index in [2.05, 4.69) is 15.8 Å². The van der Waals surface area contributed by atoms with Gasteiger partial charge in [0.05, 0.1) is 17.8 Å². The summed E-state index contributed by atoms with van der Waals surface area (Å²) in [5.74, 6) is 0.540. The number of alkyl halides is 3. The molecule has 0 radical (unpaired) electrons. The number of nitrogens with one attached hydrogen (secondary N) is 2. The molecule has 0 fully saturated rings. The average Bonchev–Trinajstić information content (AvgIpc) is 2.90. The molecule has 1 atom stereocenters. The Balaban J connectivity index is 1.79. The Hall–Kier alpha value is -2.51. The molecule has 0 aliphatic heterocycles. The molecule has 8 heteroatoms. The first kappa shape index (κ1) is 17.8. The molecule has 130 valence electrons. The van der Waals surface area contributed by atoms with Crippen molar-refractivity contribution in [1.29, 1.82) is 0 Å². The van der Waals surface area contributed by atoms with E-state index in [1.165, 1.54) is 12.1 Å². The van der Waals surface area contributed by atoms with E-state index in [1.54, 1.807) is 19.9 Å². The second-order valence-electron chi connectivity index (χ2n) is 5.56. The molecule has 1 unspecified atom stereocenters. The van der Waals surface area contributed by atoms with Gasteiger partial charge in [0, 0.05) is 12.1 Å². The van der Waals surface area contributed by atoms with Crippen molar-refractivity contribution in [2.75, 3.05) is 0 Å². The van der Waals surface area contributed by atoms with E-state index in [9.17, 15) is 18.0 Å². The van der Waals surface area contributed by atoms with Crippen LogP contribution in [0.3, 0.4) is 0 Å². The van der Waals surface area contributed by atoms with E-state index in [4.69, 9.17) is 4.52 Å². The predicted molar refractivity (Wildman–Crippen MR) is 81.2 cm³/mol. The lowest BCUT2D eigenvalue weighted by molar-refractivity contribution is -0.137. The summed E-state index contributed by atoms with van der Waals surface area (Å²) < 4.78 is 42.5. The Morgan fingerprint density at radius 1 is 1.29 bits per heavy atom. The predicted octanol–water partition coefficient (Wildman–Crippen LogP) is 3.43. The average molecular weight is 341 g/mol. The number of aryl methyl sites for hydroxylation is 1. The Morgan fingerprint density at radius 2 is 1.96 bits per heavy atom. The van der Waals surface area contributed by atoms with E-state index in [0.717, 1.165) is 17.8 Å². The fraction of sp³-hybridized carbons (Fsp3) is 0.375. The molecular weight excluding hydrogens is 323 g/mol. The lowest BCUT2D eigenvalue weighted by Crippen LogP contribution is -2.41. The second kappa shape index (κ2) is 7.37. The third-order valence-corrected chi connectivity index (χ3v) is 3.30. The van der Waals surface area contributed by atoms with Crippen LogP contribution in [-0.4, -0.2) is 17.2 Å². The van der Waals surface area contributed by atoms with Crippen LogP contribution in [0.25, 0.3) is 0 Å². The van der Waals surface area contributed by atoms with Crippen molar-refractivity contribution in [2.45, 2.75) is 39.0 Å². The summed E-state index contributed by atoms with van der Waals surface area (Å²) in [5.41, 5.74) is 0.747. The minimum Gasteiger partial charge on any atom is -0.359 e. The van der Waals surface area contributed by atoms with E-state index in [0.29, 0.717) is 17.7 Å². The van der Waals surface area contributed by atoms with Crippen LogP contribution < -0.4 is 10.6 Å². The smallest absolute Gasteiger partial charge is 0.359 e. The number of hydrogen-bond acceptors (Lipinski definition) is 3. The number of urea groups is 1. The Kier molecular flexibility index (Phi) is 5.48. The molecule has 0 aliphatic rings. The second-order valence-corrected chi connectivity index (χ2v) is 5.56. The summed E-state index contributed by atoms with van der Waals surface area (Å²) in [4.78, 5) is 11.8. The normalized spacial score (nSPS) is 12.7. The molecular formula is C16H18F3N3O2. The van der Waals surface area contributed by atoms with Gasteiger partial charge in [-0.1, -0.05) is 17.3 Å². The minimum atomic E-state index is -4.35. The number of hydrogen-bond donors (Lipinski definition) is 2. The van der Waals surface area contributed by atoms with Gasteiger partial charge in [0.2, 0.25) is 0 Å². The van der Waals surface area contributed by atoms with E-state index < -0.39 is 11.7 Å². The zero-order chi connectivity index (χ0) is 17.7. The van der Waals surface area contributed by atoms with Crippen molar-refractivity contribution in [3.05, 3.63) is 52.9 Å². The highest BCUT2D eigenvalue weighted by Crippen LogP contribution is 2.29. The lowest BCUT2D eigenvalue weighted by atomic mass is 10.1. The number of rotatable bonds is 5. The van der Waals surface area contributed by atoms with Crippen molar-refractivity contribution in [3.8, 4) is 0 Å². The first-order valence-corrected chi connectivity index (χ1v) is 7.37. The van der Waals surface area contributed by atoms with Gasteiger partial charge in [-0.05, 0) is 38.0 Å². The van der Waals surface area contributed by atoms with Crippen molar-refractivity contribution >= 4 is 6.03 Å². The van der Waals surface area contributed by atoms with Crippen LogP contribution in [0.1, 0.15) is 29.5 Å². The van der Waals surface area contributed by atoms with Gasteiger partial charge in [0.1, 0.15) is 0 Å². The summed E-state index contributed by atoms with van der Waals surface area (Å²) in [6.45, 7) is 3.76. The minimum absolute atomic E-state index is 0.208. The Labute approximate surface area is 137 Å². The Bertz CT molecular complexity index is 681. The summed E-state index contributed by atoms with van der Waals surface area (Å²) in [5, 5.41) is 9.05. The zero-order valence-corrected chi connectivity index (χ0v) is 13.3. The summed E-state index contributed by atoms with van der Waals surface area (Å²) in [7, 11) is 0. The molecule has 0 spiro atoms. The number of halogens is 3. The van der Waals surface area contributed by atoms with E-state index in [1.807, 2.05) is 0 Å². The van der Waals surface area contributed by atoms with E-state index in [-0.39, 0.29) is 18.6 Å². The highest BCUT2D eigenvalue weighted by molar-refractivity contribution is 5.74. The van der Waals surface area contributed by atoms with Gasteiger partial charge < -0.3 is 15.2 Å². The first-order chi connectivity index (χ1) is 11.2. The summed E-state index contributed by atoms with van der Waals surface area (Å²) in [6.07, 6.45) is -3.92. The molecule has 1 aromatic carbocycles. The fourth-order valence-corrected chi connectivity index (χ4v) is 2.18. The molecule has 1 aromatic heterocycles. The first-order valence-electron chi connectivity index (χ1n) is 7.37. The fourth-order valence-electron chi connectivity index (χ4n) is 2.18. The highest BCUT2D eigenvalue weighted by Gasteiger charge is 2.29. The van der Waals surface area contributed by atoms with E-state index >= 15 is 0 Å². The number of aromatic nitrogens is 1. The SMILES string of the molecule is Cc1cc(CNC(=O)NC(C)Cc2ccc(C(F)(F)F)cc2)on1. The van der Waals surface area contributed by atoms with Crippen LogP contribution in [-0.2, 0) is 19.1 Å². The van der Waals surface area contributed by atoms with Gasteiger partial charge in [0.15, 0.2) is 5.76 Å². The third-order valence-electron chi connectivity index (χ3n) is 3.30. The molecule has 0 bridgehead atoms. The van der Waals surface area contributed by atoms with Gasteiger partial charge in [-0.3, -0.25) is 0 Å². The molecule has 2 aromatic rings. The van der Waals surface area contributed by atoms with Gasteiger partial charge in [-0.25, -0.2) is 4.79 Å². The number of amides is 2. The topological polar surface area (TPSA) is 67.2 Å². The number of carbonyl (C=O) groups is 1. The summed E-state index contributed by atoms with van der Waals surface area (Å²) >= 11 is 0. The molecule has 0 aliphatic carbocycles. The molecule has 1 heterocycles. The quantitative estimate of drug-likeness (QED) is 0.875. The zero-order valence-electron chi connectivity index (χ0n) is 13.3. The molecule has 24 heavy (non-hydrogen) atoms. The monoisotopic (exact) mass is 341 g/mol. The highest BCUT2D eigenvalue weighted by atomic mass is 19.4. The van der Waals surface area contributed by atoms with Gasteiger partial charge >= 0.3 is 12.2 Å². The van der Waals surface area contributed by atoms with Crippen molar-refractivity contribution in [3.63, 3.8) is 0 Å². The van der Waals surface area contributed by atoms with Crippen molar-refractivity contribution in [1.82, 2.24) is 15.8 Å². The van der Waals surface area contributed by atoms with Gasteiger partial charge in [-0.15, -0.1) is 0 Å². The third kappa shape index (κ3) is 5.29. The van der Waals surface area contributed by atoms with Gasteiger partial charge in [-0.2, -0.15) is 13.2 Å². The standard InChI is InChI=1S/C16H18F3N3O2/c1-10(7-12-3-5-13(6-4-12)16(17,18)19)21-15(23)20-9-14-8-11(2)22-24-14/h3-6,8,10H,7,9H2,1-2H3,(H2,20,21,23). The maximum Gasteiger partial charge on any atom is 0.416 e. The van der Waals surface area contributed by atoms with Crippen LogP contribution in [0, 0.1) is 6.92 Å². The number of nitrogens with zero attached hydrogens (tertiary/aromatic N) is 1. The van der Waals surface area contributed by atoms with Crippen molar-refractivity contribution in [2.24, 2.45) is 0 Å². The number of carbonyl (C=O) groups excluding carboxylic acids is 1.